The van der Waals surface area contributed by atoms with E-state index in [9.17, 15) is 4.79 Å². The third-order valence-electron chi connectivity index (χ3n) is 3.27. The molecule has 1 aliphatic carbocycles. The minimum absolute atomic E-state index is 0.0418. The molecule has 1 aromatic carbocycles. The number of rotatable bonds is 3. The van der Waals surface area contributed by atoms with E-state index in [1.165, 1.54) is 19.3 Å². The Bertz CT molecular complexity index is 455. The van der Waals surface area contributed by atoms with Crippen LogP contribution in [-0.2, 0) is 0 Å². The van der Waals surface area contributed by atoms with Crippen molar-refractivity contribution in [3.8, 4) is 0 Å². The van der Waals surface area contributed by atoms with Crippen molar-refractivity contribution >= 4 is 56.0 Å². The maximum absolute atomic E-state index is 12.0. The van der Waals surface area contributed by atoms with Gasteiger partial charge in [0.25, 0.3) is 5.91 Å². The lowest BCUT2D eigenvalue weighted by Gasteiger charge is -2.14. The second-order valence-electron chi connectivity index (χ2n) is 4.55. The second-order valence-corrected chi connectivity index (χ2v) is 7.29. The van der Waals surface area contributed by atoms with E-state index in [4.69, 9.17) is 11.6 Å². The quantitative estimate of drug-likeness (QED) is 0.551. The average molecular weight is 443 g/mol. The van der Waals surface area contributed by atoms with E-state index in [2.05, 4.69) is 43.8 Å². The Hall–Kier alpha value is 0.190. The molecular formula is C13H14BrClINO. The number of nitrogens with one attached hydrogen (secondary N) is 1. The standard InChI is InChI=1S/C13H14BrClINO/c14-10-3-1-2-9(10)7-17-13(18)8-4-5-12(16)11(15)6-8/h4-6,9-10H,1-3,7H2,(H,17,18). The van der Waals surface area contributed by atoms with Crippen LogP contribution in [0.2, 0.25) is 5.02 Å². The van der Waals surface area contributed by atoms with Crippen LogP contribution in [0, 0.1) is 9.49 Å². The molecule has 0 heterocycles. The highest BCUT2D eigenvalue weighted by Crippen LogP contribution is 2.30. The molecule has 2 atom stereocenters. The van der Waals surface area contributed by atoms with Crippen LogP contribution >= 0.6 is 50.1 Å². The molecule has 1 aromatic rings. The highest BCUT2D eigenvalue weighted by atomic mass is 127. The van der Waals surface area contributed by atoms with Crippen LogP contribution in [-0.4, -0.2) is 17.3 Å². The van der Waals surface area contributed by atoms with Gasteiger partial charge in [-0.2, -0.15) is 0 Å². The van der Waals surface area contributed by atoms with E-state index < -0.39 is 0 Å². The van der Waals surface area contributed by atoms with Crippen molar-refractivity contribution in [1.29, 1.82) is 0 Å². The van der Waals surface area contributed by atoms with Crippen molar-refractivity contribution in [2.75, 3.05) is 6.54 Å². The SMILES string of the molecule is O=C(NCC1CCCC1Br)c1ccc(I)c(Cl)c1. The van der Waals surface area contributed by atoms with Gasteiger partial charge < -0.3 is 5.32 Å². The number of amides is 1. The molecule has 0 aliphatic heterocycles. The van der Waals surface area contributed by atoms with Gasteiger partial charge in [-0.3, -0.25) is 4.79 Å². The molecule has 1 aliphatic rings. The molecule has 0 spiro atoms. The molecule has 0 bridgehead atoms. The van der Waals surface area contributed by atoms with Gasteiger partial charge in [-0.15, -0.1) is 0 Å². The van der Waals surface area contributed by atoms with Crippen molar-refractivity contribution in [2.45, 2.75) is 24.1 Å². The third kappa shape index (κ3) is 3.61. The molecular weight excluding hydrogens is 428 g/mol. The van der Waals surface area contributed by atoms with Crippen LogP contribution in [0.3, 0.4) is 0 Å². The lowest BCUT2D eigenvalue weighted by atomic mass is 10.1. The summed E-state index contributed by atoms with van der Waals surface area (Å²) in [4.78, 5) is 12.5. The molecule has 2 nitrogen and oxygen atoms in total. The van der Waals surface area contributed by atoms with Crippen molar-refractivity contribution in [3.63, 3.8) is 0 Å². The fraction of sp³-hybridized carbons (Fsp3) is 0.462. The monoisotopic (exact) mass is 441 g/mol. The second kappa shape index (κ2) is 6.57. The highest BCUT2D eigenvalue weighted by Gasteiger charge is 2.25. The van der Waals surface area contributed by atoms with Crippen LogP contribution in [0.15, 0.2) is 18.2 Å². The summed E-state index contributed by atoms with van der Waals surface area (Å²) in [6.07, 6.45) is 3.63. The van der Waals surface area contributed by atoms with Gasteiger partial charge in [0, 0.05) is 20.5 Å². The Morgan fingerprint density at radius 1 is 1.50 bits per heavy atom. The van der Waals surface area contributed by atoms with Gasteiger partial charge in [-0.25, -0.2) is 0 Å². The predicted octanol–water partition coefficient (Wildman–Crippen LogP) is 4.24. The van der Waals surface area contributed by atoms with Crippen LogP contribution in [0.5, 0.6) is 0 Å². The summed E-state index contributed by atoms with van der Waals surface area (Å²) in [5.74, 6) is 0.508. The van der Waals surface area contributed by atoms with Crippen LogP contribution in [0.25, 0.3) is 0 Å². The first-order valence-corrected chi connectivity index (χ1v) is 8.32. The lowest BCUT2D eigenvalue weighted by molar-refractivity contribution is 0.0948. The maximum atomic E-state index is 12.0. The number of benzene rings is 1. The molecule has 0 radical (unpaired) electrons. The number of carbonyl (C=O) groups is 1. The number of alkyl halides is 1. The number of halogens is 3. The van der Waals surface area contributed by atoms with E-state index in [1.807, 2.05) is 12.1 Å². The van der Waals surface area contributed by atoms with E-state index in [0.717, 1.165) is 10.1 Å². The van der Waals surface area contributed by atoms with Crippen molar-refractivity contribution in [1.82, 2.24) is 5.32 Å². The third-order valence-corrected chi connectivity index (χ3v) is 6.05. The van der Waals surface area contributed by atoms with Crippen LogP contribution in [0.1, 0.15) is 29.6 Å². The Morgan fingerprint density at radius 2 is 2.28 bits per heavy atom. The Kier molecular flexibility index (Phi) is 5.33. The summed E-state index contributed by atoms with van der Waals surface area (Å²) in [7, 11) is 0. The van der Waals surface area contributed by atoms with E-state index >= 15 is 0 Å². The summed E-state index contributed by atoms with van der Waals surface area (Å²) in [5.41, 5.74) is 0.629. The first-order chi connectivity index (χ1) is 8.58. The Morgan fingerprint density at radius 3 is 2.89 bits per heavy atom. The molecule has 5 heteroatoms. The molecule has 0 aromatic heterocycles. The fourth-order valence-electron chi connectivity index (χ4n) is 2.18. The zero-order valence-corrected chi connectivity index (χ0v) is 14.3. The van der Waals surface area contributed by atoms with Crippen molar-refractivity contribution < 1.29 is 4.79 Å². The lowest BCUT2D eigenvalue weighted by Crippen LogP contribution is -2.30. The van der Waals surface area contributed by atoms with Gasteiger partial charge in [0.05, 0.1) is 5.02 Å². The summed E-state index contributed by atoms with van der Waals surface area (Å²) in [5, 5.41) is 3.62. The number of hydrogen-bond donors (Lipinski definition) is 1. The Labute approximate surface area is 134 Å². The highest BCUT2D eigenvalue weighted by molar-refractivity contribution is 14.1. The molecule has 2 unspecified atom stereocenters. The first-order valence-electron chi connectivity index (χ1n) is 5.95. The van der Waals surface area contributed by atoms with Crippen LogP contribution < -0.4 is 5.32 Å². The van der Waals surface area contributed by atoms with Crippen LogP contribution in [0.4, 0.5) is 0 Å². The van der Waals surface area contributed by atoms with Gasteiger partial charge in [0.2, 0.25) is 0 Å². The molecule has 18 heavy (non-hydrogen) atoms. The van der Waals surface area contributed by atoms with Gasteiger partial charge in [0.15, 0.2) is 0 Å². The van der Waals surface area contributed by atoms with E-state index in [-0.39, 0.29) is 5.91 Å². The number of carbonyl (C=O) groups excluding carboxylic acids is 1. The van der Waals surface area contributed by atoms with Gasteiger partial charge in [-0.1, -0.05) is 34.0 Å². The number of hydrogen-bond acceptors (Lipinski definition) is 1. The molecule has 1 amide bonds. The van der Waals surface area contributed by atoms with Crippen molar-refractivity contribution in [2.24, 2.45) is 5.92 Å². The summed E-state index contributed by atoms with van der Waals surface area (Å²) in [6, 6.07) is 5.39. The van der Waals surface area contributed by atoms with Crippen molar-refractivity contribution in [3.05, 3.63) is 32.4 Å². The largest absolute Gasteiger partial charge is 0.352 e. The zero-order chi connectivity index (χ0) is 13.1. The van der Waals surface area contributed by atoms with E-state index in [0.29, 0.717) is 21.3 Å². The topological polar surface area (TPSA) is 29.1 Å². The van der Waals surface area contributed by atoms with E-state index in [1.54, 1.807) is 6.07 Å². The molecule has 1 fully saturated rings. The zero-order valence-electron chi connectivity index (χ0n) is 9.76. The maximum Gasteiger partial charge on any atom is 0.251 e. The normalized spacial score (nSPS) is 23.1. The molecule has 98 valence electrons. The Balaban J connectivity index is 1.93. The van der Waals surface area contributed by atoms with Gasteiger partial charge >= 0.3 is 0 Å². The summed E-state index contributed by atoms with van der Waals surface area (Å²) >= 11 is 11.8. The smallest absolute Gasteiger partial charge is 0.251 e. The van der Waals surface area contributed by atoms with Gasteiger partial charge in [-0.05, 0) is 59.5 Å². The molecule has 2 rings (SSSR count). The molecule has 1 N–H and O–H groups in total. The summed E-state index contributed by atoms with van der Waals surface area (Å²) < 4.78 is 0.960. The minimum atomic E-state index is -0.0418. The predicted molar refractivity (Wildman–Crippen MR) is 86.6 cm³/mol. The van der Waals surface area contributed by atoms with Gasteiger partial charge in [0.1, 0.15) is 0 Å². The first kappa shape index (κ1) is 14.6. The fourth-order valence-corrected chi connectivity index (χ4v) is 3.48. The molecule has 0 saturated heterocycles. The summed E-state index contributed by atoms with van der Waals surface area (Å²) in [6.45, 7) is 0.734. The minimum Gasteiger partial charge on any atom is -0.352 e. The molecule has 1 saturated carbocycles. The average Bonchev–Trinajstić information content (AvgIpc) is 2.75.